The molecule has 6 heteroatoms. The third-order valence-corrected chi connectivity index (χ3v) is 4.48. The van der Waals surface area contributed by atoms with Crippen molar-refractivity contribution in [2.75, 3.05) is 6.54 Å². The highest BCUT2D eigenvalue weighted by Gasteiger charge is 2.39. The van der Waals surface area contributed by atoms with Crippen LogP contribution in [0.4, 0.5) is 0 Å². The molecule has 18 heavy (non-hydrogen) atoms. The highest BCUT2D eigenvalue weighted by molar-refractivity contribution is 14.1. The molecule has 0 saturated carbocycles. The predicted molar refractivity (Wildman–Crippen MR) is 74.4 cm³/mol. The Kier molecular flexibility index (Phi) is 4.37. The van der Waals surface area contributed by atoms with Crippen molar-refractivity contribution < 1.29 is 14.4 Å². The quantitative estimate of drug-likeness (QED) is 0.590. The van der Waals surface area contributed by atoms with E-state index in [4.69, 9.17) is 0 Å². The van der Waals surface area contributed by atoms with Crippen molar-refractivity contribution in [1.29, 1.82) is 0 Å². The topological polar surface area (TPSA) is 66.5 Å². The Balaban J connectivity index is 2.00. The number of hydrogen-bond acceptors (Lipinski definition) is 4. The van der Waals surface area contributed by atoms with Gasteiger partial charge in [-0.2, -0.15) is 0 Å². The summed E-state index contributed by atoms with van der Waals surface area (Å²) in [4.78, 5) is 36.7. The van der Waals surface area contributed by atoms with E-state index < -0.39 is 0 Å². The van der Waals surface area contributed by atoms with Gasteiger partial charge in [0.15, 0.2) is 5.78 Å². The van der Waals surface area contributed by atoms with E-state index in [1.54, 1.807) is 27.5 Å². The first-order valence-corrected chi connectivity index (χ1v) is 7.35. The Morgan fingerprint density at radius 3 is 2.39 bits per heavy atom. The summed E-state index contributed by atoms with van der Waals surface area (Å²) in [6, 6.07) is -0.764. The number of amides is 1. The van der Waals surface area contributed by atoms with Crippen LogP contribution in [0.25, 0.3) is 0 Å². The summed E-state index contributed by atoms with van der Waals surface area (Å²) < 4.78 is 0.0486. The summed E-state index contributed by atoms with van der Waals surface area (Å²) >= 11 is 1.76. The van der Waals surface area contributed by atoms with Crippen LogP contribution in [-0.2, 0) is 14.4 Å². The van der Waals surface area contributed by atoms with E-state index in [2.05, 4.69) is 5.32 Å². The van der Waals surface area contributed by atoms with Crippen molar-refractivity contribution in [1.82, 2.24) is 10.2 Å². The van der Waals surface area contributed by atoms with Gasteiger partial charge in [0.25, 0.3) is 0 Å². The maximum Gasteiger partial charge on any atom is 0.240 e. The number of carbonyl (C=O) groups excluding carboxylic acids is 3. The summed E-state index contributed by atoms with van der Waals surface area (Å²) in [6.45, 7) is 2.19. The second-order valence-electron chi connectivity index (χ2n) is 4.95. The van der Waals surface area contributed by atoms with E-state index in [9.17, 15) is 14.4 Å². The van der Waals surface area contributed by atoms with E-state index in [0.29, 0.717) is 19.4 Å². The molecule has 0 aromatic heterocycles. The van der Waals surface area contributed by atoms with Crippen LogP contribution in [0.3, 0.4) is 0 Å². The van der Waals surface area contributed by atoms with Gasteiger partial charge < -0.3 is 4.90 Å². The van der Waals surface area contributed by atoms with Crippen LogP contribution in [0.2, 0.25) is 0 Å². The highest BCUT2D eigenvalue weighted by Crippen LogP contribution is 2.23. The highest BCUT2D eigenvalue weighted by atomic mass is 127. The molecule has 0 aromatic rings. The van der Waals surface area contributed by atoms with Crippen molar-refractivity contribution in [3.05, 3.63) is 0 Å². The fourth-order valence-corrected chi connectivity index (χ4v) is 3.26. The molecule has 2 rings (SSSR count). The van der Waals surface area contributed by atoms with Crippen LogP contribution in [0.5, 0.6) is 0 Å². The zero-order valence-corrected chi connectivity index (χ0v) is 12.5. The molecule has 0 aromatic carbocycles. The molecule has 3 atom stereocenters. The number of nitrogens with zero attached hydrogens (tertiary/aromatic N) is 1. The lowest BCUT2D eigenvalue weighted by molar-refractivity contribution is -0.138. The van der Waals surface area contributed by atoms with Crippen molar-refractivity contribution in [2.45, 2.75) is 50.7 Å². The maximum atomic E-state index is 12.3. The number of halogens is 1. The third-order valence-electron chi connectivity index (χ3n) is 3.72. The van der Waals surface area contributed by atoms with Crippen LogP contribution in [0.1, 0.15) is 32.6 Å². The molecule has 2 aliphatic rings. The molecule has 5 nitrogen and oxygen atoms in total. The molecular weight excluding hydrogens is 347 g/mol. The minimum absolute atomic E-state index is 0.0205. The Hall–Kier alpha value is -0.500. The lowest BCUT2D eigenvalue weighted by Gasteiger charge is -2.26. The molecule has 2 fully saturated rings. The van der Waals surface area contributed by atoms with Gasteiger partial charge in [-0.25, -0.2) is 0 Å². The van der Waals surface area contributed by atoms with E-state index >= 15 is 0 Å². The molecule has 2 saturated heterocycles. The molecule has 0 unspecified atom stereocenters. The van der Waals surface area contributed by atoms with Gasteiger partial charge in [-0.3, -0.25) is 19.7 Å². The molecule has 2 heterocycles. The Morgan fingerprint density at radius 1 is 1.17 bits per heavy atom. The second-order valence-corrected chi connectivity index (χ2v) is 6.02. The van der Waals surface area contributed by atoms with Crippen LogP contribution < -0.4 is 5.32 Å². The number of ketones is 1. The molecule has 1 N–H and O–H groups in total. The minimum atomic E-state index is -0.298. The molecule has 0 aliphatic carbocycles. The average Bonchev–Trinajstić information content (AvgIpc) is 2.97. The first kappa shape index (κ1) is 13.9. The van der Waals surface area contributed by atoms with Gasteiger partial charge in [-0.15, -0.1) is 0 Å². The number of nitrogens with one attached hydrogen (secondary N) is 1. The zero-order chi connectivity index (χ0) is 13.3. The monoisotopic (exact) mass is 364 g/mol. The molecule has 0 spiro atoms. The largest absolute Gasteiger partial charge is 0.331 e. The first-order valence-electron chi connectivity index (χ1n) is 6.27. The number of Topliss-reactive ketones (excluding diaryl/α,β-unsaturated/α-hetero) is 1. The van der Waals surface area contributed by atoms with E-state index in [0.717, 1.165) is 12.8 Å². The Morgan fingerprint density at radius 2 is 1.83 bits per heavy atom. The normalized spacial score (nSPS) is 31.7. The zero-order valence-electron chi connectivity index (χ0n) is 10.3. The maximum absolute atomic E-state index is 12.3. The summed E-state index contributed by atoms with van der Waals surface area (Å²) in [5.74, 6) is 0.0354. The van der Waals surface area contributed by atoms with Crippen LogP contribution in [-0.4, -0.2) is 45.1 Å². The van der Waals surface area contributed by atoms with E-state index in [-0.39, 0.29) is 33.6 Å². The first-order chi connectivity index (χ1) is 8.50. The Bertz CT molecular complexity index is 386. The SMILES string of the molecule is CC(=O)[C@@H]1CCCN1C(=O)[C@H]1CC[C@@H](C(=O)I)N1. The third kappa shape index (κ3) is 2.74. The summed E-state index contributed by atoms with van der Waals surface area (Å²) in [5, 5.41) is 3.07. The van der Waals surface area contributed by atoms with Gasteiger partial charge >= 0.3 is 0 Å². The van der Waals surface area contributed by atoms with Gasteiger partial charge in [0.05, 0.1) is 18.1 Å². The molecule has 0 bridgehead atoms. The summed E-state index contributed by atoms with van der Waals surface area (Å²) in [7, 11) is 0. The van der Waals surface area contributed by atoms with Gasteiger partial charge in [-0.05, 0) is 32.6 Å². The van der Waals surface area contributed by atoms with Crippen LogP contribution in [0.15, 0.2) is 0 Å². The van der Waals surface area contributed by atoms with E-state index in [1.165, 1.54) is 6.92 Å². The van der Waals surface area contributed by atoms with Gasteiger partial charge in [0.1, 0.15) is 0 Å². The number of rotatable bonds is 3. The van der Waals surface area contributed by atoms with Gasteiger partial charge in [-0.1, -0.05) is 0 Å². The summed E-state index contributed by atoms with van der Waals surface area (Å²) in [6.07, 6.45) is 3.04. The molecule has 2 aliphatic heterocycles. The minimum Gasteiger partial charge on any atom is -0.331 e. The van der Waals surface area contributed by atoms with E-state index in [1.807, 2.05) is 0 Å². The standard InChI is InChI=1S/C12H17IN2O3/c1-7(16)10-3-2-6-15(10)12(18)9-5-4-8(14-9)11(13)17/h8-10,14H,2-6H2,1H3/t8-,9+,10-/m0/s1. The second kappa shape index (κ2) is 5.64. The number of carbonyl (C=O) groups is 3. The Labute approximate surface area is 120 Å². The average molecular weight is 364 g/mol. The van der Waals surface area contributed by atoms with Crippen molar-refractivity contribution in [2.24, 2.45) is 0 Å². The fraction of sp³-hybridized carbons (Fsp3) is 0.750. The smallest absolute Gasteiger partial charge is 0.240 e. The number of hydrogen-bond donors (Lipinski definition) is 1. The van der Waals surface area contributed by atoms with Crippen molar-refractivity contribution in [3.63, 3.8) is 0 Å². The van der Waals surface area contributed by atoms with Crippen molar-refractivity contribution >= 4 is 38.1 Å². The van der Waals surface area contributed by atoms with Crippen molar-refractivity contribution in [3.8, 4) is 0 Å². The lowest BCUT2D eigenvalue weighted by Crippen LogP contribution is -2.49. The molecule has 1 amide bonds. The lowest BCUT2D eigenvalue weighted by atomic mass is 10.1. The molecule has 100 valence electrons. The van der Waals surface area contributed by atoms with Crippen LogP contribution in [0, 0.1) is 0 Å². The molecular formula is C12H17IN2O3. The van der Waals surface area contributed by atoms with Gasteiger partial charge in [0, 0.05) is 29.1 Å². The fourth-order valence-electron chi connectivity index (χ4n) is 2.77. The van der Waals surface area contributed by atoms with Gasteiger partial charge in [0.2, 0.25) is 9.70 Å². The van der Waals surface area contributed by atoms with Crippen LogP contribution >= 0.6 is 22.6 Å². The molecule has 0 radical (unpaired) electrons. The number of likely N-dealkylation sites (tertiary alicyclic amines) is 1. The predicted octanol–water partition coefficient (Wildman–Crippen LogP) is 0.649. The summed E-state index contributed by atoms with van der Waals surface area (Å²) in [5.41, 5.74) is 0.